The second-order valence-electron chi connectivity index (χ2n) is 7.99. The summed E-state index contributed by atoms with van der Waals surface area (Å²) in [7, 11) is 4.65. The number of anilines is 1. The predicted octanol–water partition coefficient (Wildman–Crippen LogP) is 4.66. The Kier molecular flexibility index (Phi) is 4.76. The average molecular weight is 372 g/mol. The zero-order valence-corrected chi connectivity index (χ0v) is 16.3. The smallest absolute Gasteiger partial charge is 0.414 e. The molecule has 3 atom stereocenters. The number of piperidine rings is 1. The Morgan fingerprint density at radius 1 is 1.12 bits per heavy atom. The van der Waals surface area contributed by atoms with Crippen molar-refractivity contribution in [3.8, 4) is 0 Å². The molecular weight excluding hydrogens is 344 g/mol. The van der Waals surface area contributed by atoms with Crippen LogP contribution in [0.2, 0.25) is 0 Å². The van der Waals surface area contributed by atoms with E-state index in [1.807, 2.05) is 41.8 Å². The summed E-state index contributed by atoms with van der Waals surface area (Å²) in [6.45, 7) is 0.557. The van der Waals surface area contributed by atoms with E-state index < -0.39 is 0 Å². The molecule has 2 aromatic rings. The van der Waals surface area contributed by atoms with Gasteiger partial charge in [0.1, 0.15) is 6.10 Å². The van der Waals surface area contributed by atoms with Crippen LogP contribution in [-0.2, 0) is 11.3 Å². The van der Waals surface area contributed by atoms with E-state index in [-0.39, 0.29) is 12.2 Å². The lowest BCUT2D eigenvalue weighted by atomic mass is 9.98. The van der Waals surface area contributed by atoms with Gasteiger partial charge in [-0.05, 0) is 23.6 Å². The fourth-order valence-corrected chi connectivity index (χ4v) is 5.25. The van der Waals surface area contributed by atoms with E-state index in [1.54, 1.807) is 16.2 Å². The molecule has 2 bridgehead atoms. The normalized spacial score (nSPS) is 26.5. The van der Waals surface area contributed by atoms with E-state index in [2.05, 4.69) is 20.2 Å². The van der Waals surface area contributed by atoms with Crippen molar-refractivity contribution in [2.75, 3.05) is 19.0 Å². The van der Waals surface area contributed by atoms with Crippen molar-refractivity contribution in [3.63, 3.8) is 0 Å². The highest BCUT2D eigenvalue weighted by atomic mass is 32.1. The van der Waals surface area contributed by atoms with Crippen LogP contribution in [0.25, 0.3) is 0 Å². The van der Waals surface area contributed by atoms with Gasteiger partial charge in [-0.1, -0.05) is 24.3 Å². The number of hydrogen-bond donors (Lipinski definition) is 0. The van der Waals surface area contributed by atoms with Gasteiger partial charge < -0.3 is 9.22 Å². The van der Waals surface area contributed by atoms with Gasteiger partial charge in [-0.15, -0.1) is 11.3 Å². The molecule has 0 radical (unpaired) electrons. The molecule has 1 aromatic carbocycles. The van der Waals surface area contributed by atoms with Gasteiger partial charge in [-0.25, -0.2) is 4.79 Å². The van der Waals surface area contributed by atoms with Gasteiger partial charge in [-0.3, -0.25) is 4.90 Å². The maximum atomic E-state index is 13.0. The number of amides is 1. The molecule has 0 aliphatic carbocycles. The predicted molar refractivity (Wildman–Crippen MR) is 105 cm³/mol. The average Bonchev–Trinajstić information content (AvgIpc) is 3.16. The number of fused-ring (bicyclic) bond motifs is 2. The molecule has 1 amide bonds. The number of carbonyl (C=O) groups excluding carboxylic acids is 1. The van der Waals surface area contributed by atoms with Crippen LogP contribution < -0.4 is 4.90 Å². The summed E-state index contributed by atoms with van der Waals surface area (Å²) in [5, 5.41) is 2.04. The Morgan fingerprint density at radius 3 is 2.42 bits per heavy atom. The van der Waals surface area contributed by atoms with Crippen molar-refractivity contribution in [1.29, 1.82) is 0 Å². The minimum absolute atomic E-state index is 0.0423. The van der Waals surface area contributed by atoms with Crippen molar-refractivity contribution in [2.45, 2.75) is 50.4 Å². The van der Waals surface area contributed by atoms with Gasteiger partial charge in [0, 0.05) is 36.2 Å². The van der Waals surface area contributed by atoms with E-state index in [9.17, 15) is 4.79 Å². The summed E-state index contributed by atoms with van der Waals surface area (Å²) in [6.07, 6.45) is 4.29. The van der Waals surface area contributed by atoms with Crippen LogP contribution >= 0.6 is 11.3 Å². The van der Waals surface area contributed by atoms with E-state index in [1.165, 1.54) is 12.8 Å². The molecule has 1 aromatic heterocycles. The first kappa shape index (κ1) is 17.6. The highest BCUT2D eigenvalue weighted by molar-refractivity contribution is 7.09. The van der Waals surface area contributed by atoms with Crippen LogP contribution in [-0.4, -0.2) is 42.9 Å². The quantitative estimate of drug-likeness (QED) is 0.732. The second kappa shape index (κ2) is 7.05. The van der Waals surface area contributed by atoms with Crippen molar-refractivity contribution >= 4 is 23.1 Å². The van der Waals surface area contributed by atoms with Gasteiger partial charge in [-0.2, -0.15) is 0 Å². The molecule has 0 N–H and O–H groups in total. The highest BCUT2D eigenvalue weighted by Gasteiger charge is 2.50. The van der Waals surface area contributed by atoms with Gasteiger partial charge in [0.25, 0.3) is 0 Å². The molecule has 2 saturated heterocycles. The Hall–Kier alpha value is -1.85. The van der Waals surface area contributed by atoms with Crippen LogP contribution in [0.4, 0.5) is 10.5 Å². The minimum atomic E-state index is -0.221. The number of benzene rings is 1. The number of ether oxygens (including phenoxy) is 1. The number of rotatable bonds is 4. The summed E-state index contributed by atoms with van der Waals surface area (Å²) in [5.74, 6) is 0. The molecule has 4 rings (SSSR count). The molecule has 1 unspecified atom stereocenters. The molecule has 4 nitrogen and oxygen atoms in total. The number of carbonyl (C=O) groups is 1. The fourth-order valence-electron chi connectivity index (χ4n) is 4.56. The third kappa shape index (κ3) is 3.38. The molecular formula is C21H27N2O2S+. The maximum absolute atomic E-state index is 13.0. The van der Waals surface area contributed by atoms with Crippen LogP contribution in [0.5, 0.6) is 0 Å². The minimum Gasteiger partial charge on any atom is -0.445 e. The molecule has 2 fully saturated rings. The molecule has 2 aliphatic heterocycles. The third-order valence-corrected chi connectivity index (χ3v) is 7.10. The zero-order chi connectivity index (χ0) is 18.1. The lowest BCUT2D eigenvalue weighted by Gasteiger charge is -2.44. The third-order valence-electron chi connectivity index (χ3n) is 6.24. The van der Waals surface area contributed by atoms with Crippen LogP contribution in [0.1, 0.15) is 30.6 Å². The van der Waals surface area contributed by atoms with E-state index in [4.69, 9.17) is 4.74 Å². The Labute approximate surface area is 159 Å². The van der Waals surface area contributed by atoms with Crippen molar-refractivity contribution in [2.24, 2.45) is 0 Å². The molecule has 2 aliphatic rings. The monoisotopic (exact) mass is 371 g/mol. The Morgan fingerprint density at radius 2 is 1.81 bits per heavy atom. The van der Waals surface area contributed by atoms with Gasteiger partial charge in [0.05, 0.1) is 32.7 Å². The summed E-state index contributed by atoms with van der Waals surface area (Å²) in [6, 6.07) is 15.2. The van der Waals surface area contributed by atoms with E-state index in [0.29, 0.717) is 18.6 Å². The lowest BCUT2D eigenvalue weighted by Crippen LogP contribution is -2.56. The molecule has 5 heteroatoms. The topological polar surface area (TPSA) is 29.5 Å². The number of hydrogen-bond acceptors (Lipinski definition) is 3. The standard InChI is InChI=1S/C21H27N2O2S/c1-23(2)17-10-11-18(23)14-19(13-17)25-21(24)22(15-20-9-6-12-26-20)16-7-4-3-5-8-16/h3-9,12,17-19H,10-11,13-15H2,1-2H3/q+1/t17-,18+,19?. The number of nitrogens with zero attached hydrogens (tertiary/aromatic N) is 2. The summed E-state index contributed by atoms with van der Waals surface area (Å²) >= 11 is 1.67. The maximum Gasteiger partial charge on any atom is 0.414 e. The molecule has 3 heterocycles. The van der Waals surface area contributed by atoms with Crippen LogP contribution in [0.15, 0.2) is 47.8 Å². The lowest BCUT2D eigenvalue weighted by molar-refractivity contribution is -0.931. The van der Waals surface area contributed by atoms with Gasteiger partial charge in [0.15, 0.2) is 0 Å². The van der Waals surface area contributed by atoms with E-state index in [0.717, 1.165) is 27.9 Å². The van der Waals surface area contributed by atoms with Gasteiger partial charge >= 0.3 is 6.09 Å². The number of quaternary nitrogens is 1. The van der Waals surface area contributed by atoms with Crippen molar-refractivity contribution in [3.05, 3.63) is 52.7 Å². The first-order valence-corrected chi connectivity index (χ1v) is 10.3. The first-order chi connectivity index (χ1) is 12.5. The highest BCUT2D eigenvalue weighted by Crippen LogP contribution is 2.40. The van der Waals surface area contributed by atoms with Crippen molar-refractivity contribution < 1.29 is 14.0 Å². The van der Waals surface area contributed by atoms with Crippen molar-refractivity contribution in [1.82, 2.24) is 0 Å². The Balaban J connectivity index is 1.48. The Bertz CT molecular complexity index is 729. The molecule has 0 saturated carbocycles. The number of thiophene rings is 1. The first-order valence-electron chi connectivity index (χ1n) is 9.43. The van der Waals surface area contributed by atoms with Gasteiger partial charge in [0.2, 0.25) is 0 Å². The summed E-state index contributed by atoms with van der Waals surface area (Å²) in [4.78, 5) is 16.0. The number of para-hydroxylation sites is 1. The summed E-state index contributed by atoms with van der Waals surface area (Å²) < 4.78 is 7.10. The fraction of sp³-hybridized carbons (Fsp3) is 0.476. The molecule has 0 spiro atoms. The SMILES string of the molecule is C[N+]1(C)[C@@H]2CC[C@H]1CC(OC(=O)N(Cc1cccs1)c1ccccc1)C2. The zero-order valence-electron chi connectivity index (χ0n) is 15.5. The largest absolute Gasteiger partial charge is 0.445 e. The second-order valence-corrected chi connectivity index (χ2v) is 9.02. The molecule has 138 valence electrons. The summed E-state index contributed by atoms with van der Waals surface area (Å²) in [5.41, 5.74) is 0.890. The van der Waals surface area contributed by atoms with E-state index >= 15 is 0 Å². The van der Waals surface area contributed by atoms with Crippen LogP contribution in [0.3, 0.4) is 0 Å². The van der Waals surface area contributed by atoms with Crippen LogP contribution in [0, 0.1) is 0 Å². The molecule has 26 heavy (non-hydrogen) atoms.